The van der Waals surface area contributed by atoms with Gasteiger partial charge in [-0.2, -0.15) is 0 Å². The molecule has 0 aromatic rings. The van der Waals surface area contributed by atoms with E-state index < -0.39 is 0 Å². The van der Waals surface area contributed by atoms with Gasteiger partial charge in [-0.3, -0.25) is 9.69 Å². The number of hydrogen-bond donors (Lipinski definition) is 0. The lowest BCUT2D eigenvalue weighted by atomic mass is 9.91. The summed E-state index contributed by atoms with van der Waals surface area (Å²) in [5.74, 6) is 0.234. The average Bonchev–Trinajstić information content (AvgIpc) is 2.15. The first kappa shape index (κ1) is 10.4. The van der Waals surface area contributed by atoms with Gasteiger partial charge in [0.1, 0.15) is 0 Å². The molecule has 14 heavy (non-hydrogen) atoms. The van der Waals surface area contributed by atoms with E-state index in [1.54, 1.807) is 0 Å². The Balaban J connectivity index is 1.76. The maximum absolute atomic E-state index is 11.4. The van der Waals surface area contributed by atoms with Crippen LogP contribution in [0.15, 0.2) is 0 Å². The van der Waals surface area contributed by atoms with Crippen LogP contribution in [0.4, 0.5) is 0 Å². The second-order valence-corrected chi connectivity index (χ2v) is 4.70. The topological polar surface area (TPSA) is 23.6 Å². The van der Waals surface area contributed by atoms with Crippen molar-refractivity contribution in [2.24, 2.45) is 0 Å². The maximum Gasteiger partial charge on any atom is 0.233 e. The second kappa shape index (κ2) is 4.62. The number of alkyl halides is 1. The van der Waals surface area contributed by atoms with Crippen molar-refractivity contribution in [1.82, 2.24) is 9.80 Å². The monoisotopic (exact) mass is 260 g/mol. The van der Waals surface area contributed by atoms with Crippen LogP contribution in [0.1, 0.15) is 19.3 Å². The van der Waals surface area contributed by atoms with Crippen LogP contribution in [0.5, 0.6) is 0 Å². The summed E-state index contributed by atoms with van der Waals surface area (Å²) in [4.78, 5) is 15.9. The molecular formula is C10H17BrN2O. The van der Waals surface area contributed by atoms with Crippen molar-refractivity contribution in [3.63, 3.8) is 0 Å². The Morgan fingerprint density at radius 2 is 1.86 bits per heavy atom. The van der Waals surface area contributed by atoms with Crippen molar-refractivity contribution < 1.29 is 4.79 Å². The molecule has 1 saturated heterocycles. The summed E-state index contributed by atoms with van der Waals surface area (Å²) in [6.07, 6.45) is 4.13. The summed E-state index contributed by atoms with van der Waals surface area (Å²) < 4.78 is 0. The second-order valence-electron chi connectivity index (χ2n) is 4.14. The molecule has 0 aromatic carbocycles. The lowest BCUT2D eigenvalue weighted by molar-refractivity contribution is -0.130. The Kier molecular flexibility index (Phi) is 3.44. The summed E-state index contributed by atoms with van der Waals surface area (Å²) in [6.45, 7) is 3.98. The van der Waals surface area contributed by atoms with Crippen LogP contribution in [0.3, 0.4) is 0 Å². The van der Waals surface area contributed by atoms with E-state index in [1.807, 2.05) is 4.90 Å². The van der Waals surface area contributed by atoms with Gasteiger partial charge in [-0.1, -0.05) is 22.4 Å². The van der Waals surface area contributed by atoms with Crippen molar-refractivity contribution in [2.75, 3.05) is 31.5 Å². The summed E-state index contributed by atoms with van der Waals surface area (Å²) >= 11 is 3.21. The van der Waals surface area contributed by atoms with Crippen molar-refractivity contribution in [3.05, 3.63) is 0 Å². The predicted molar refractivity (Wildman–Crippen MR) is 59.6 cm³/mol. The standard InChI is InChI=1S/C10H17BrN2O/c11-8-10(14)13-6-4-12(5-7-13)9-2-1-3-9/h9H,1-8H2. The molecule has 2 fully saturated rings. The summed E-state index contributed by atoms with van der Waals surface area (Å²) in [6, 6.07) is 0.830. The minimum atomic E-state index is 0.234. The van der Waals surface area contributed by atoms with Crippen LogP contribution in [-0.2, 0) is 4.79 Å². The highest BCUT2D eigenvalue weighted by atomic mass is 79.9. The van der Waals surface area contributed by atoms with E-state index in [2.05, 4.69) is 20.8 Å². The maximum atomic E-state index is 11.4. The Labute approximate surface area is 93.6 Å². The van der Waals surface area contributed by atoms with Gasteiger partial charge in [0.05, 0.1) is 5.33 Å². The first-order valence-electron chi connectivity index (χ1n) is 5.39. The number of carbonyl (C=O) groups excluding carboxylic acids is 1. The van der Waals surface area contributed by atoms with E-state index in [0.717, 1.165) is 32.2 Å². The highest BCUT2D eigenvalue weighted by molar-refractivity contribution is 9.09. The zero-order valence-electron chi connectivity index (χ0n) is 8.41. The summed E-state index contributed by atoms with van der Waals surface area (Å²) in [5, 5.41) is 0.469. The van der Waals surface area contributed by atoms with Gasteiger partial charge in [0.25, 0.3) is 0 Å². The third kappa shape index (κ3) is 2.11. The zero-order valence-corrected chi connectivity index (χ0v) is 10.0. The molecule has 4 heteroatoms. The lowest BCUT2D eigenvalue weighted by Gasteiger charge is -2.42. The smallest absolute Gasteiger partial charge is 0.233 e. The van der Waals surface area contributed by atoms with E-state index >= 15 is 0 Å². The average molecular weight is 261 g/mol. The minimum Gasteiger partial charge on any atom is -0.339 e. The van der Waals surface area contributed by atoms with Gasteiger partial charge in [0, 0.05) is 32.2 Å². The minimum absolute atomic E-state index is 0.234. The molecule has 0 aromatic heterocycles. The van der Waals surface area contributed by atoms with Crippen molar-refractivity contribution in [3.8, 4) is 0 Å². The number of nitrogens with zero attached hydrogens (tertiary/aromatic N) is 2. The molecule has 3 nitrogen and oxygen atoms in total. The van der Waals surface area contributed by atoms with Crippen molar-refractivity contribution in [2.45, 2.75) is 25.3 Å². The molecule has 0 spiro atoms. The van der Waals surface area contributed by atoms with E-state index in [-0.39, 0.29) is 5.91 Å². The molecule has 2 aliphatic rings. The molecule has 0 radical (unpaired) electrons. The van der Waals surface area contributed by atoms with Crippen LogP contribution >= 0.6 is 15.9 Å². The molecule has 2 rings (SSSR count). The largest absolute Gasteiger partial charge is 0.339 e. The normalized spacial score (nSPS) is 24.8. The molecule has 80 valence electrons. The number of piperazine rings is 1. The third-order valence-electron chi connectivity index (χ3n) is 3.37. The Morgan fingerprint density at radius 1 is 1.21 bits per heavy atom. The van der Waals surface area contributed by atoms with Crippen LogP contribution in [-0.4, -0.2) is 53.3 Å². The van der Waals surface area contributed by atoms with Gasteiger partial charge >= 0.3 is 0 Å². The van der Waals surface area contributed by atoms with Crippen molar-refractivity contribution >= 4 is 21.8 Å². The molecular weight excluding hydrogens is 244 g/mol. The number of hydrogen-bond acceptors (Lipinski definition) is 2. The Morgan fingerprint density at radius 3 is 2.29 bits per heavy atom. The number of carbonyl (C=O) groups is 1. The van der Waals surface area contributed by atoms with Crippen LogP contribution in [0.2, 0.25) is 0 Å². The summed E-state index contributed by atoms with van der Waals surface area (Å²) in [7, 11) is 0. The first-order valence-corrected chi connectivity index (χ1v) is 6.51. The molecule has 1 aliphatic heterocycles. The van der Waals surface area contributed by atoms with Gasteiger partial charge < -0.3 is 4.90 Å². The number of rotatable bonds is 2. The molecule has 0 N–H and O–H groups in total. The van der Waals surface area contributed by atoms with Gasteiger partial charge in [-0.05, 0) is 12.8 Å². The molecule has 0 unspecified atom stereocenters. The van der Waals surface area contributed by atoms with Gasteiger partial charge in [0.15, 0.2) is 0 Å². The van der Waals surface area contributed by atoms with Crippen LogP contribution in [0.25, 0.3) is 0 Å². The molecule has 1 heterocycles. The van der Waals surface area contributed by atoms with Gasteiger partial charge in [0.2, 0.25) is 5.91 Å². The molecule has 1 aliphatic carbocycles. The lowest BCUT2D eigenvalue weighted by Crippen LogP contribution is -2.53. The van der Waals surface area contributed by atoms with Gasteiger partial charge in [-0.15, -0.1) is 0 Å². The van der Waals surface area contributed by atoms with Crippen LogP contribution in [0, 0.1) is 0 Å². The fourth-order valence-corrected chi connectivity index (χ4v) is 2.53. The number of halogens is 1. The van der Waals surface area contributed by atoms with E-state index in [4.69, 9.17) is 0 Å². The zero-order chi connectivity index (χ0) is 9.97. The number of amides is 1. The van der Waals surface area contributed by atoms with Crippen molar-refractivity contribution in [1.29, 1.82) is 0 Å². The van der Waals surface area contributed by atoms with E-state index in [1.165, 1.54) is 19.3 Å². The van der Waals surface area contributed by atoms with Crippen LogP contribution < -0.4 is 0 Å². The summed E-state index contributed by atoms with van der Waals surface area (Å²) in [5.41, 5.74) is 0. The Hall–Kier alpha value is -0.0900. The third-order valence-corrected chi connectivity index (χ3v) is 3.85. The quantitative estimate of drug-likeness (QED) is 0.694. The van der Waals surface area contributed by atoms with E-state index in [0.29, 0.717) is 5.33 Å². The fourth-order valence-electron chi connectivity index (χ4n) is 2.17. The molecule has 1 amide bonds. The first-order chi connectivity index (χ1) is 6.81. The molecule has 1 saturated carbocycles. The molecule has 0 bridgehead atoms. The highest BCUT2D eigenvalue weighted by Gasteiger charge is 2.28. The molecule has 0 atom stereocenters. The van der Waals surface area contributed by atoms with Gasteiger partial charge in [-0.25, -0.2) is 0 Å². The highest BCUT2D eigenvalue weighted by Crippen LogP contribution is 2.25. The predicted octanol–water partition coefficient (Wildman–Crippen LogP) is 1.08. The van der Waals surface area contributed by atoms with E-state index in [9.17, 15) is 4.79 Å². The Bertz CT molecular complexity index is 210. The fraction of sp³-hybridized carbons (Fsp3) is 0.900. The SMILES string of the molecule is O=C(CBr)N1CCN(C2CCC2)CC1.